The van der Waals surface area contributed by atoms with Gasteiger partial charge in [0.1, 0.15) is 5.60 Å². The van der Waals surface area contributed by atoms with Gasteiger partial charge in [-0.15, -0.1) is 0 Å². The van der Waals surface area contributed by atoms with Crippen LogP contribution in [0.5, 0.6) is 0 Å². The Morgan fingerprint density at radius 2 is 2.20 bits per heavy atom. The average molecular weight is 214 g/mol. The van der Waals surface area contributed by atoms with Gasteiger partial charge < -0.3 is 20.5 Å². The third-order valence-corrected chi connectivity index (χ3v) is 3.09. The second kappa shape index (κ2) is 3.60. The van der Waals surface area contributed by atoms with E-state index in [9.17, 15) is 9.59 Å². The molecule has 0 bridgehead atoms. The fraction of sp³-hybridized carbons (Fsp3) is 0.778. The van der Waals surface area contributed by atoms with E-state index in [2.05, 4.69) is 10.6 Å². The van der Waals surface area contributed by atoms with Gasteiger partial charge in [0.25, 0.3) is 0 Å². The Bertz CT molecular complexity index is 284. The second-order valence-electron chi connectivity index (χ2n) is 4.15. The van der Waals surface area contributed by atoms with Crippen molar-refractivity contribution in [3.63, 3.8) is 0 Å². The molecule has 6 nitrogen and oxygen atoms in total. The highest BCUT2D eigenvalue weighted by molar-refractivity contribution is 5.70. The second-order valence-corrected chi connectivity index (χ2v) is 4.15. The number of carbonyl (C=O) groups excluding carboxylic acids is 1. The zero-order valence-corrected chi connectivity index (χ0v) is 8.28. The Hall–Kier alpha value is -1.46. The van der Waals surface area contributed by atoms with Crippen molar-refractivity contribution in [1.29, 1.82) is 0 Å². The van der Waals surface area contributed by atoms with Gasteiger partial charge in [-0.1, -0.05) is 0 Å². The van der Waals surface area contributed by atoms with Crippen molar-refractivity contribution in [3.05, 3.63) is 0 Å². The summed E-state index contributed by atoms with van der Waals surface area (Å²) >= 11 is 0. The molecule has 2 aliphatic rings. The van der Waals surface area contributed by atoms with E-state index in [1.807, 2.05) is 0 Å². The summed E-state index contributed by atoms with van der Waals surface area (Å²) in [6.07, 6.45) is 1.53. The lowest BCUT2D eigenvalue weighted by Crippen LogP contribution is -2.44. The minimum absolute atomic E-state index is 0.00701. The molecule has 2 rings (SSSR count). The molecule has 0 aromatic carbocycles. The van der Waals surface area contributed by atoms with Crippen LogP contribution in [0.25, 0.3) is 0 Å². The molecule has 1 aliphatic carbocycles. The highest BCUT2D eigenvalue weighted by atomic mass is 16.6. The molecule has 1 spiro atoms. The highest BCUT2D eigenvalue weighted by Gasteiger charge is 2.43. The van der Waals surface area contributed by atoms with Gasteiger partial charge in [0.05, 0.1) is 6.54 Å². The summed E-state index contributed by atoms with van der Waals surface area (Å²) in [6, 6.07) is -0.00701. The van der Waals surface area contributed by atoms with Gasteiger partial charge in [0.15, 0.2) is 0 Å². The molecule has 1 saturated carbocycles. The predicted molar refractivity (Wildman–Crippen MR) is 50.6 cm³/mol. The van der Waals surface area contributed by atoms with Gasteiger partial charge in [-0.3, -0.25) is 0 Å². The number of ether oxygens (including phenoxy) is 1. The van der Waals surface area contributed by atoms with Crippen LogP contribution in [0.4, 0.5) is 9.59 Å². The number of amides is 2. The van der Waals surface area contributed by atoms with Gasteiger partial charge in [-0.2, -0.15) is 0 Å². The SMILES string of the molecule is O=C(O)NC1CCC2(CC1)CNC(=O)O2. The van der Waals surface area contributed by atoms with Gasteiger partial charge in [-0.25, -0.2) is 9.59 Å². The molecule has 0 aromatic heterocycles. The lowest BCUT2D eigenvalue weighted by atomic mass is 9.82. The van der Waals surface area contributed by atoms with E-state index in [1.165, 1.54) is 0 Å². The summed E-state index contributed by atoms with van der Waals surface area (Å²) in [5.41, 5.74) is -0.381. The van der Waals surface area contributed by atoms with Gasteiger partial charge in [-0.05, 0) is 25.7 Å². The standard InChI is InChI=1S/C9H14N2O4/c12-7(13)11-6-1-3-9(4-2-6)5-10-8(14)15-9/h6,11H,1-5H2,(H,10,14)(H,12,13). The molecule has 3 N–H and O–H groups in total. The lowest BCUT2D eigenvalue weighted by molar-refractivity contribution is 0.0188. The van der Waals surface area contributed by atoms with Crippen molar-refractivity contribution in [2.75, 3.05) is 6.54 Å². The summed E-state index contributed by atoms with van der Waals surface area (Å²) < 4.78 is 5.22. The Morgan fingerprint density at radius 3 is 2.67 bits per heavy atom. The summed E-state index contributed by atoms with van der Waals surface area (Å²) in [6.45, 7) is 0.547. The number of hydrogen-bond acceptors (Lipinski definition) is 3. The van der Waals surface area contributed by atoms with Crippen molar-refractivity contribution in [1.82, 2.24) is 10.6 Å². The summed E-state index contributed by atoms with van der Waals surface area (Å²) in [5, 5.41) is 13.6. The first-order chi connectivity index (χ1) is 7.10. The molecule has 1 heterocycles. The molecule has 0 unspecified atom stereocenters. The van der Waals surface area contributed by atoms with Crippen LogP contribution in [-0.2, 0) is 4.74 Å². The Balaban J connectivity index is 1.86. The van der Waals surface area contributed by atoms with Crippen molar-refractivity contribution in [3.8, 4) is 0 Å². The number of rotatable bonds is 1. The summed E-state index contributed by atoms with van der Waals surface area (Å²) in [7, 11) is 0. The molecular formula is C9H14N2O4. The van der Waals surface area contributed by atoms with Gasteiger partial charge in [0, 0.05) is 6.04 Å². The monoisotopic (exact) mass is 214 g/mol. The number of nitrogens with one attached hydrogen (secondary N) is 2. The van der Waals surface area contributed by atoms with E-state index in [-0.39, 0.29) is 17.7 Å². The molecular weight excluding hydrogens is 200 g/mol. The van der Waals surface area contributed by atoms with E-state index in [0.29, 0.717) is 6.54 Å². The molecule has 2 fully saturated rings. The van der Waals surface area contributed by atoms with Crippen LogP contribution in [0.15, 0.2) is 0 Å². The normalized spacial score (nSPS) is 34.7. The molecule has 1 saturated heterocycles. The van der Waals surface area contributed by atoms with E-state index in [0.717, 1.165) is 25.7 Å². The third-order valence-electron chi connectivity index (χ3n) is 3.09. The molecule has 6 heteroatoms. The largest absolute Gasteiger partial charge is 0.465 e. The van der Waals surface area contributed by atoms with Crippen LogP contribution in [0.1, 0.15) is 25.7 Å². The minimum atomic E-state index is -0.988. The molecule has 84 valence electrons. The number of carbonyl (C=O) groups is 2. The molecule has 0 atom stereocenters. The molecule has 0 aromatic rings. The zero-order chi connectivity index (χ0) is 10.9. The smallest absolute Gasteiger partial charge is 0.407 e. The Labute approximate surface area is 87.0 Å². The highest BCUT2D eigenvalue weighted by Crippen LogP contribution is 2.33. The van der Waals surface area contributed by atoms with E-state index < -0.39 is 6.09 Å². The van der Waals surface area contributed by atoms with Crippen LogP contribution in [0, 0.1) is 0 Å². The maximum Gasteiger partial charge on any atom is 0.407 e. The van der Waals surface area contributed by atoms with Crippen molar-refractivity contribution in [2.24, 2.45) is 0 Å². The quantitative estimate of drug-likeness (QED) is 0.598. The van der Waals surface area contributed by atoms with Crippen LogP contribution >= 0.6 is 0 Å². The topological polar surface area (TPSA) is 87.7 Å². The Kier molecular flexibility index (Phi) is 2.42. The zero-order valence-electron chi connectivity index (χ0n) is 8.28. The summed E-state index contributed by atoms with van der Waals surface area (Å²) in [4.78, 5) is 21.4. The predicted octanol–water partition coefficient (Wildman–Crippen LogP) is 0.675. The van der Waals surface area contributed by atoms with Gasteiger partial charge in [0.2, 0.25) is 0 Å². The number of alkyl carbamates (subject to hydrolysis) is 1. The number of hydrogen-bond donors (Lipinski definition) is 3. The number of carboxylic acid groups (broad SMARTS) is 1. The van der Waals surface area contributed by atoms with E-state index in [4.69, 9.17) is 9.84 Å². The van der Waals surface area contributed by atoms with Crippen LogP contribution in [0.2, 0.25) is 0 Å². The maximum absolute atomic E-state index is 10.9. The van der Waals surface area contributed by atoms with Gasteiger partial charge >= 0.3 is 12.2 Å². The summed E-state index contributed by atoms with van der Waals surface area (Å²) in [5.74, 6) is 0. The first-order valence-corrected chi connectivity index (χ1v) is 5.06. The molecule has 0 radical (unpaired) electrons. The van der Waals surface area contributed by atoms with Crippen molar-refractivity contribution >= 4 is 12.2 Å². The molecule has 15 heavy (non-hydrogen) atoms. The molecule has 1 aliphatic heterocycles. The van der Waals surface area contributed by atoms with Crippen LogP contribution in [0.3, 0.4) is 0 Å². The molecule has 2 amide bonds. The first kappa shape index (κ1) is 10.1. The van der Waals surface area contributed by atoms with Crippen molar-refractivity contribution < 1.29 is 19.4 Å². The van der Waals surface area contributed by atoms with Crippen LogP contribution in [-0.4, -0.2) is 35.5 Å². The Morgan fingerprint density at radius 1 is 1.53 bits per heavy atom. The third kappa shape index (κ3) is 2.14. The minimum Gasteiger partial charge on any atom is -0.465 e. The van der Waals surface area contributed by atoms with E-state index >= 15 is 0 Å². The first-order valence-electron chi connectivity index (χ1n) is 5.06. The van der Waals surface area contributed by atoms with Crippen LogP contribution < -0.4 is 10.6 Å². The fourth-order valence-electron chi connectivity index (χ4n) is 2.24. The lowest BCUT2D eigenvalue weighted by Gasteiger charge is -2.34. The fourth-order valence-corrected chi connectivity index (χ4v) is 2.24. The van der Waals surface area contributed by atoms with E-state index in [1.54, 1.807) is 0 Å². The maximum atomic E-state index is 10.9. The van der Waals surface area contributed by atoms with Crippen molar-refractivity contribution in [2.45, 2.75) is 37.3 Å². The average Bonchev–Trinajstić information content (AvgIpc) is 2.52.